The second kappa shape index (κ2) is 38.8. The Bertz CT molecular complexity index is 1400. The normalized spacial score (nSPS) is 11.4. The molecule has 0 saturated carbocycles. The molecule has 3 aromatic carbocycles. The van der Waals surface area contributed by atoms with Crippen molar-refractivity contribution in [3.63, 3.8) is 0 Å². The minimum Gasteiger partial charge on any atom is -0.364 e. The highest BCUT2D eigenvalue weighted by Crippen LogP contribution is 2.19. The molecule has 0 N–H and O–H groups in total. The molecular weight excluding hydrogens is 789 g/mol. The average Bonchev–Trinajstić information content (AvgIpc) is 3.32. The fourth-order valence-electron chi connectivity index (χ4n) is 8.63. The number of benzene rings is 3. The Kier molecular flexibility index (Phi) is 33.2. The number of hydrogen-bond acceptors (Lipinski definition) is 6. The number of nitrogens with zero attached hydrogens (tertiary/aromatic N) is 2. The van der Waals surface area contributed by atoms with Crippen LogP contribution in [-0.4, -0.2) is 35.2 Å². The van der Waals surface area contributed by atoms with E-state index in [9.17, 15) is 9.59 Å². The zero-order chi connectivity index (χ0) is 45.4. The lowest BCUT2D eigenvalue weighted by molar-refractivity contribution is -0.118. The highest BCUT2D eigenvalue weighted by molar-refractivity contribution is 5.89. The zero-order valence-corrected chi connectivity index (χ0v) is 41.1. The summed E-state index contributed by atoms with van der Waals surface area (Å²) in [5, 5.41) is 3.67. The molecule has 0 aromatic heterocycles. The highest BCUT2D eigenvalue weighted by atomic mass is 16.7. The van der Waals surface area contributed by atoms with Crippen molar-refractivity contribution < 1.29 is 19.3 Å². The number of hydrogen-bond donors (Lipinski definition) is 0. The molecule has 6 heteroatoms. The first-order chi connectivity index (χ1) is 31.6. The van der Waals surface area contributed by atoms with Crippen molar-refractivity contribution in [3.05, 3.63) is 107 Å². The summed E-state index contributed by atoms with van der Waals surface area (Å²) in [6.07, 6.45) is 42.5. The first-order valence-corrected chi connectivity index (χ1v) is 26.7. The van der Waals surface area contributed by atoms with Crippen LogP contribution in [0.5, 0.6) is 0 Å². The Morgan fingerprint density at radius 2 is 0.562 bits per heavy atom. The summed E-state index contributed by atoms with van der Waals surface area (Å²) in [4.78, 5) is 38.2. The van der Waals surface area contributed by atoms with Crippen LogP contribution in [0.15, 0.2) is 84.9 Å². The molecule has 0 amide bonds. The quantitative estimate of drug-likeness (QED) is 0.0417. The van der Waals surface area contributed by atoms with E-state index in [-0.39, 0.29) is 11.9 Å². The molecule has 358 valence electrons. The van der Waals surface area contributed by atoms with Gasteiger partial charge in [-0.2, -0.15) is 0 Å². The van der Waals surface area contributed by atoms with Crippen molar-refractivity contribution in [1.29, 1.82) is 0 Å². The van der Waals surface area contributed by atoms with E-state index in [1.807, 2.05) is 46.5 Å². The van der Waals surface area contributed by atoms with Gasteiger partial charge in [-0.05, 0) is 48.2 Å². The zero-order valence-electron chi connectivity index (χ0n) is 41.1. The molecule has 0 aliphatic heterocycles. The van der Waals surface area contributed by atoms with E-state index in [2.05, 4.69) is 38.1 Å². The largest absolute Gasteiger partial charge is 0.364 e. The van der Waals surface area contributed by atoms with Gasteiger partial charge in [0.15, 0.2) is 0 Å². The van der Waals surface area contributed by atoms with Crippen molar-refractivity contribution in [2.45, 2.75) is 232 Å². The molecule has 64 heavy (non-hydrogen) atoms. The summed E-state index contributed by atoms with van der Waals surface area (Å²) >= 11 is 0. The molecule has 0 spiro atoms. The van der Waals surface area contributed by atoms with Crippen LogP contribution in [0.4, 0.5) is 0 Å². The molecule has 3 aromatic rings. The van der Waals surface area contributed by atoms with E-state index in [0.29, 0.717) is 37.3 Å². The summed E-state index contributed by atoms with van der Waals surface area (Å²) in [5.41, 5.74) is 3.27. The maximum atomic E-state index is 13.1. The standard InChI is InChI=1S/C58H92N2O4/c1-3-5-7-9-11-13-15-17-19-21-23-25-27-29-31-39-49-59(63-57(61)55-41-35-33-36-42-55)51-53-45-47-54(48-46-53)52-60(64-58(62)56-43-37-34-38-44-56)50-40-32-30-28-26-24-22-20-18-16-14-12-10-8-6-4-2/h33-38,41-48H,3-32,39-40,49-52H2,1-2H3. The van der Waals surface area contributed by atoms with Gasteiger partial charge in [-0.15, -0.1) is 10.1 Å². The van der Waals surface area contributed by atoms with E-state index in [4.69, 9.17) is 9.68 Å². The second-order valence-electron chi connectivity index (χ2n) is 18.6. The van der Waals surface area contributed by atoms with E-state index in [1.54, 1.807) is 24.3 Å². The maximum Gasteiger partial charge on any atom is 0.357 e. The summed E-state index contributed by atoms with van der Waals surface area (Å²) in [6, 6.07) is 27.0. The van der Waals surface area contributed by atoms with Crippen LogP contribution in [0.2, 0.25) is 0 Å². The Morgan fingerprint density at radius 1 is 0.328 bits per heavy atom. The highest BCUT2D eigenvalue weighted by Gasteiger charge is 2.17. The van der Waals surface area contributed by atoms with Gasteiger partial charge in [0.1, 0.15) is 0 Å². The fraction of sp³-hybridized carbons (Fsp3) is 0.655. The van der Waals surface area contributed by atoms with Crippen molar-refractivity contribution in [2.75, 3.05) is 13.1 Å². The predicted octanol–water partition coefficient (Wildman–Crippen LogP) is 17.4. The molecule has 0 bridgehead atoms. The SMILES string of the molecule is CCCCCCCCCCCCCCCCCCN(Cc1ccc(CN(CCCCCCCCCCCCCCCCCC)OC(=O)c2ccccc2)cc1)OC(=O)c1ccccc1. The van der Waals surface area contributed by atoms with Crippen molar-refractivity contribution in [3.8, 4) is 0 Å². The van der Waals surface area contributed by atoms with E-state index < -0.39 is 0 Å². The lowest BCUT2D eigenvalue weighted by Gasteiger charge is -2.23. The lowest BCUT2D eigenvalue weighted by atomic mass is 10.0. The third-order valence-electron chi connectivity index (χ3n) is 12.7. The molecular formula is C58H92N2O4. The van der Waals surface area contributed by atoms with Crippen LogP contribution in [0, 0.1) is 0 Å². The summed E-state index contributed by atoms with van der Waals surface area (Å²) in [5.74, 6) is -0.641. The van der Waals surface area contributed by atoms with Crippen LogP contribution in [-0.2, 0) is 22.8 Å². The Hall–Kier alpha value is -3.48. The Labute approximate surface area is 392 Å². The average molecular weight is 881 g/mol. The van der Waals surface area contributed by atoms with Gasteiger partial charge < -0.3 is 9.68 Å². The van der Waals surface area contributed by atoms with Crippen molar-refractivity contribution in [2.24, 2.45) is 0 Å². The molecule has 6 nitrogen and oxygen atoms in total. The van der Waals surface area contributed by atoms with E-state index in [1.165, 1.54) is 180 Å². The molecule has 0 heterocycles. The minimum absolute atomic E-state index is 0.321. The van der Waals surface area contributed by atoms with Crippen LogP contribution in [0.1, 0.15) is 251 Å². The van der Waals surface area contributed by atoms with Crippen LogP contribution < -0.4 is 0 Å². The lowest BCUT2D eigenvalue weighted by Crippen LogP contribution is -2.29. The number of unbranched alkanes of at least 4 members (excludes halogenated alkanes) is 30. The van der Waals surface area contributed by atoms with Gasteiger partial charge in [0.25, 0.3) is 0 Å². The van der Waals surface area contributed by atoms with Gasteiger partial charge in [0.2, 0.25) is 0 Å². The molecule has 0 atom stereocenters. The van der Waals surface area contributed by atoms with E-state index in [0.717, 1.165) is 36.8 Å². The minimum atomic E-state index is -0.321. The third-order valence-corrected chi connectivity index (χ3v) is 12.7. The van der Waals surface area contributed by atoms with Gasteiger partial charge in [-0.25, -0.2) is 9.59 Å². The van der Waals surface area contributed by atoms with Gasteiger partial charge >= 0.3 is 11.9 Å². The monoisotopic (exact) mass is 881 g/mol. The molecule has 0 unspecified atom stereocenters. The maximum absolute atomic E-state index is 13.1. The van der Waals surface area contributed by atoms with Crippen molar-refractivity contribution >= 4 is 11.9 Å². The molecule has 0 saturated heterocycles. The van der Waals surface area contributed by atoms with Crippen LogP contribution in [0.3, 0.4) is 0 Å². The van der Waals surface area contributed by atoms with Crippen LogP contribution in [0.25, 0.3) is 0 Å². The van der Waals surface area contributed by atoms with Gasteiger partial charge in [0.05, 0.1) is 24.2 Å². The first kappa shape index (κ1) is 54.9. The van der Waals surface area contributed by atoms with E-state index >= 15 is 0 Å². The van der Waals surface area contributed by atoms with Gasteiger partial charge in [-0.1, -0.05) is 267 Å². The Morgan fingerprint density at radius 3 is 0.812 bits per heavy atom. The first-order valence-electron chi connectivity index (χ1n) is 26.7. The topological polar surface area (TPSA) is 59.1 Å². The molecule has 0 aliphatic rings. The summed E-state index contributed by atoms with van der Waals surface area (Å²) < 4.78 is 0. The fourth-order valence-corrected chi connectivity index (χ4v) is 8.63. The predicted molar refractivity (Wildman–Crippen MR) is 270 cm³/mol. The van der Waals surface area contributed by atoms with Gasteiger partial charge in [-0.3, -0.25) is 0 Å². The molecule has 0 aliphatic carbocycles. The number of hydroxylamine groups is 4. The van der Waals surface area contributed by atoms with Crippen LogP contribution >= 0.6 is 0 Å². The second-order valence-corrected chi connectivity index (χ2v) is 18.6. The number of carbonyl (C=O) groups excluding carboxylic acids is 2. The summed E-state index contributed by atoms with van der Waals surface area (Å²) in [7, 11) is 0. The number of carbonyl (C=O) groups is 2. The molecule has 0 fully saturated rings. The third kappa shape index (κ3) is 28.4. The number of rotatable bonds is 42. The smallest absolute Gasteiger partial charge is 0.357 e. The molecule has 0 radical (unpaired) electrons. The van der Waals surface area contributed by atoms with Gasteiger partial charge in [0, 0.05) is 13.1 Å². The Balaban J connectivity index is 1.40. The van der Waals surface area contributed by atoms with Crippen molar-refractivity contribution in [1.82, 2.24) is 10.1 Å². The summed E-state index contributed by atoms with van der Waals surface area (Å²) in [6.45, 7) is 7.00. The molecule has 3 rings (SSSR count).